The number of nitrogens with zero attached hydrogens (tertiary/aromatic N) is 2. The van der Waals surface area contributed by atoms with Crippen molar-refractivity contribution < 1.29 is 8.42 Å². The first-order chi connectivity index (χ1) is 8.42. The molecule has 1 rings (SSSR count). The van der Waals surface area contributed by atoms with Gasteiger partial charge in [0.25, 0.3) is 0 Å². The van der Waals surface area contributed by atoms with Gasteiger partial charge in [0.05, 0.1) is 12.3 Å². The van der Waals surface area contributed by atoms with E-state index in [9.17, 15) is 8.42 Å². The summed E-state index contributed by atoms with van der Waals surface area (Å²) < 4.78 is 25.5. The lowest BCUT2D eigenvalue weighted by Crippen LogP contribution is -2.40. The molecule has 0 aromatic rings. The van der Waals surface area contributed by atoms with Crippen molar-refractivity contribution in [3.8, 4) is 0 Å². The van der Waals surface area contributed by atoms with Crippen LogP contribution < -0.4 is 11.1 Å². The Bertz CT molecular complexity index is 381. The predicted octanol–water partition coefficient (Wildman–Crippen LogP) is 0.296. The van der Waals surface area contributed by atoms with Crippen molar-refractivity contribution >= 4 is 51.7 Å². The van der Waals surface area contributed by atoms with Crippen LogP contribution in [0.1, 0.15) is 13.8 Å². The monoisotopic (exact) mass is 422 g/mol. The summed E-state index contributed by atoms with van der Waals surface area (Å²) in [5, 5.41) is 2.92. The molecule has 0 aromatic heterocycles. The molecule has 9 heteroatoms. The summed E-state index contributed by atoms with van der Waals surface area (Å²) >= 11 is 1.79. The van der Waals surface area contributed by atoms with Crippen LogP contribution in [0.4, 0.5) is 0 Å². The maximum absolute atomic E-state index is 12.0. The third-order valence-electron chi connectivity index (χ3n) is 2.43. The fourth-order valence-corrected chi connectivity index (χ4v) is 4.03. The summed E-state index contributed by atoms with van der Waals surface area (Å²) in [5.74, 6) is 2.08. The molecule has 1 heterocycles. The summed E-state index contributed by atoms with van der Waals surface area (Å²) in [5.41, 5.74) is 5.61. The van der Waals surface area contributed by atoms with Crippen molar-refractivity contribution in [3.05, 3.63) is 0 Å². The fraction of sp³-hybridized carbons (Fsp3) is 0.900. The smallest absolute Gasteiger partial charge is 0.215 e. The van der Waals surface area contributed by atoms with Gasteiger partial charge in [0, 0.05) is 30.6 Å². The van der Waals surface area contributed by atoms with E-state index in [1.165, 1.54) is 0 Å². The molecule has 1 aliphatic heterocycles. The number of rotatable bonds is 5. The first-order valence-electron chi connectivity index (χ1n) is 6.04. The summed E-state index contributed by atoms with van der Waals surface area (Å²) in [6.45, 7) is 5.32. The van der Waals surface area contributed by atoms with Gasteiger partial charge in [-0.25, -0.2) is 12.7 Å². The van der Waals surface area contributed by atoms with Crippen LogP contribution >= 0.6 is 35.7 Å². The Morgan fingerprint density at radius 3 is 2.53 bits per heavy atom. The molecule has 19 heavy (non-hydrogen) atoms. The van der Waals surface area contributed by atoms with Crippen molar-refractivity contribution in [2.75, 3.05) is 36.9 Å². The highest BCUT2D eigenvalue weighted by molar-refractivity contribution is 14.0. The Labute approximate surface area is 137 Å². The van der Waals surface area contributed by atoms with Crippen LogP contribution in [0.25, 0.3) is 0 Å². The van der Waals surface area contributed by atoms with Gasteiger partial charge in [0.1, 0.15) is 0 Å². The molecule has 0 amide bonds. The van der Waals surface area contributed by atoms with Gasteiger partial charge in [0.2, 0.25) is 10.0 Å². The maximum atomic E-state index is 12.0. The number of nitrogens with two attached hydrogens (primary N) is 1. The highest BCUT2D eigenvalue weighted by Gasteiger charge is 2.23. The molecule has 0 unspecified atom stereocenters. The van der Waals surface area contributed by atoms with Gasteiger partial charge in [-0.1, -0.05) is 0 Å². The summed E-state index contributed by atoms with van der Waals surface area (Å²) in [6.07, 6.45) is 0. The number of hydrogen-bond acceptors (Lipinski definition) is 4. The number of aliphatic imine (C=N–C) groups is 1. The van der Waals surface area contributed by atoms with Gasteiger partial charge in [-0.3, -0.25) is 4.99 Å². The summed E-state index contributed by atoms with van der Waals surface area (Å²) in [6, 6.07) is 0.199. The van der Waals surface area contributed by atoms with Crippen LogP contribution in [0.3, 0.4) is 0 Å². The van der Waals surface area contributed by atoms with Gasteiger partial charge < -0.3 is 11.1 Å². The zero-order chi connectivity index (χ0) is 13.6. The van der Waals surface area contributed by atoms with Crippen LogP contribution in [-0.2, 0) is 10.0 Å². The van der Waals surface area contributed by atoms with Crippen molar-refractivity contribution in [1.82, 2.24) is 9.62 Å². The molecule has 0 spiro atoms. The van der Waals surface area contributed by atoms with Crippen molar-refractivity contribution in [1.29, 1.82) is 0 Å². The summed E-state index contributed by atoms with van der Waals surface area (Å²) in [4.78, 5) is 4.02. The van der Waals surface area contributed by atoms with E-state index in [0.717, 1.165) is 11.5 Å². The first-order valence-corrected chi connectivity index (χ1v) is 8.80. The van der Waals surface area contributed by atoms with Crippen LogP contribution in [0.5, 0.6) is 0 Å². The molecule has 1 fully saturated rings. The maximum Gasteiger partial charge on any atom is 0.215 e. The lowest BCUT2D eigenvalue weighted by Gasteiger charge is -2.25. The Balaban J connectivity index is 0.00000324. The normalized spacial score (nSPS) is 18.2. The number of sulfonamides is 1. The highest BCUT2D eigenvalue weighted by Crippen LogP contribution is 2.13. The molecule has 0 aliphatic carbocycles. The number of hydrogen-bond donors (Lipinski definition) is 2. The number of halogens is 1. The second-order valence-corrected chi connectivity index (χ2v) is 7.71. The zero-order valence-corrected chi connectivity index (χ0v) is 15.3. The van der Waals surface area contributed by atoms with E-state index in [2.05, 4.69) is 10.3 Å². The third kappa shape index (κ3) is 7.57. The minimum Gasteiger partial charge on any atom is -0.370 e. The quantitative estimate of drug-likeness (QED) is 0.378. The number of thioether (sulfide) groups is 1. The van der Waals surface area contributed by atoms with Crippen LogP contribution in [0, 0.1) is 0 Å². The van der Waals surface area contributed by atoms with Crippen LogP contribution in [0.15, 0.2) is 4.99 Å². The lowest BCUT2D eigenvalue weighted by atomic mass is 10.4. The molecule has 0 saturated carbocycles. The van der Waals surface area contributed by atoms with E-state index in [1.54, 1.807) is 16.1 Å². The molecular formula is C10H23IN4O2S2. The van der Waals surface area contributed by atoms with Gasteiger partial charge in [0.15, 0.2) is 5.96 Å². The molecule has 0 bridgehead atoms. The van der Waals surface area contributed by atoms with E-state index in [-0.39, 0.29) is 42.3 Å². The second kappa shape index (κ2) is 9.24. The van der Waals surface area contributed by atoms with Crippen LogP contribution in [0.2, 0.25) is 0 Å². The van der Waals surface area contributed by atoms with Crippen molar-refractivity contribution in [3.63, 3.8) is 0 Å². The van der Waals surface area contributed by atoms with Crippen molar-refractivity contribution in [2.24, 2.45) is 10.7 Å². The molecule has 6 nitrogen and oxygen atoms in total. The minimum absolute atomic E-state index is 0. The van der Waals surface area contributed by atoms with E-state index in [4.69, 9.17) is 5.73 Å². The Kier molecular flexibility index (Phi) is 9.37. The Morgan fingerprint density at radius 2 is 2.00 bits per heavy atom. The van der Waals surface area contributed by atoms with E-state index in [0.29, 0.717) is 19.0 Å². The molecule has 1 saturated heterocycles. The van der Waals surface area contributed by atoms with E-state index < -0.39 is 10.0 Å². The standard InChI is InChI=1S/C10H22N4O2S2.HI/c1-9(2)13-10(11)12-3-8-18(15,16)14-4-6-17-7-5-14;/h9H,3-8H2,1-2H3,(H3,11,12,13);1H. The Hall–Kier alpha value is 0.260. The molecule has 0 radical (unpaired) electrons. The largest absolute Gasteiger partial charge is 0.370 e. The van der Waals surface area contributed by atoms with Gasteiger partial charge in [-0.15, -0.1) is 24.0 Å². The van der Waals surface area contributed by atoms with Gasteiger partial charge >= 0.3 is 0 Å². The second-order valence-electron chi connectivity index (χ2n) is 4.39. The number of nitrogens with one attached hydrogen (secondary N) is 1. The van der Waals surface area contributed by atoms with Gasteiger partial charge in [-0.2, -0.15) is 11.8 Å². The average Bonchev–Trinajstić information content (AvgIpc) is 2.29. The predicted molar refractivity (Wildman–Crippen MR) is 92.9 cm³/mol. The van der Waals surface area contributed by atoms with Gasteiger partial charge in [-0.05, 0) is 13.8 Å². The third-order valence-corrected chi connectivity index (χ3v) is 5.22. The zero-order valence-electron chi connectivity index (χ0n) is 11.3. The molecular weight excluding hydrogens is 399 g/mol. The molecule has 3 N–H and O–H groups in total. The average molecular weight is 422 g/mol. The highest BCUT2D eigenvalue weighted by atomic mass is 127. The van der Waals surface area contributed by atoms with E-state index >= 15 is 0 Å². The minimum atomic E-state index is -3.18. The molecule has 1 aliphatic rings. The SMILES string of the molecule is CC(C)NC(N)=NCCS(=O)(=O)N1CCSCC1.I. The van der Waals surface area contributed by atoms with E-state index in [1.807, 2.05) is 13.8 Å². The first kappa shape index (κ1) is 19.3. The molecule has 0 aromatic carbocycles. The topological polar surface area (TPSA) is 87.8 Å². The lowest BCUT2D eigenvalue weighted by molar-refractivity contribution is 0.444. The molecule has 0 atom stereocenters. The van der Waals surface area contributed by atoms with Crippen LogP contribution in [-0.4, -0.2) is 61.6 Å². The summed E-state index contributed by atoms with van der Waals surface area (Å²) in [7, 11) is -3.18. The fourth-order valence-electron chi connectivity index (χ4n) is 1.58. The molecule has 114 valence electrons. The number of guanidine groups is 1. The Morgan fingerprint density at radius 1 is 1.42 bits per heavy atom. The van der Waals surface area contributed by atoms with Crippen molar-refractivity contribution in [2.45, 2.75) is 19.9 Å².